The summed E-state index contributed by atoms with van der Waals surface area (Å²) < 4.78 is 0. The quantitative estimate of drug-likeness (QED) is 0.481. The fourth-order valence-electron chi connectivity index (χ4n) is 0.744. The summed E-state index contributed by atoms with van der Waals surface area (Å²) in [4.78, 5) is 12.1. The Balaban J connectivity index is 2.67. The molecular formula is C13H12OS. The molecule has 1 rings (SSSR count). The minimum Gasteiger partial charge on any atom is -0.270 e. The van der Waals surface area contributed by atoms with Gasteiger partial charge in [-0.05, 0) is 50.0 Å². The maximum Gasteiger partial charge on any atom is 0.279 e. The number of Topliss-reactive ketones (excluding diaryl/α,β-unsaturated/α-hetero) is 1. The zero-order valence-corrected chi connectivity index (χ0v) is 9.87. The Morgan fingerprint density at radius 2 is 2.07 bits per heavy atom. The molecule has 15 heavy (non-hydrogen) atoms. The summed E-state index contributed by atoms with van der Waals surface area (Å²) in [6.07, 6.45) is 0. The molecule has 0 unspecified atom stereocenters. The Hall–Kier alpha value is -1.51. The van der Waals surface area contributed by atoms with Gasteiger partial charge in [-0.3, -0.25) is 4.79 Å². The Morgan fingerprint density at radius 3 is 2.60 bits per heavy atom. The number of ketones is 1. The van der Waals surface area contributed by atoms with Crippen LogP contribution in [-0.4, -0.2) is 5.78 Å². The fraction of sp³-hybridized carbons (Fsp3) is 0.308. The first-order chi connectivity index (χ1) is 6.97. The third-order valence-electron chi connectivity index (χ3n) is 1.37. The van der Waals surface area contributed by atoms with Crippen molar-refractivity contribution in [1.29, 1.82) is 0 Å². The van der Waals surface area contributed by atoms with E-state index in [1.165, 1.54) is 11.3 Å². The summed E-state index contributed by atoms with van der Waals surface area (Å²) in [5.74, 6) is 10.3. The lowest BCUT2D eigenvalue weighted by Gasteiger charge is -2.05. The van der Waals surface area contributed by atoms with E-state index >= 15 is 0 Å². The molecule has 0 aliphatic heterocycles. The third-order valence-corrected chi connectivity index (χ3v) is 2.16. The molecule has 1 heterocycles. The number of hydrogen-bond donors (Lipinski definition) is 0. The highest BCUT2D eigenvalue weighted by atomic mass is 32.1. The Morgan fingerprint density at radius 1 is 1.33 bits per heavy atom. The molecule has 76 valence electrons. The van der Waals surface area contributed by atoms with Crippen LogP contribution in [0.5, 0.6) is 0 Å². The summed E-state index contributed by atoms with van der Waals surface area (Å²) in [6, 6.07) is 3.78. The van der Waals surface area contributed by atoms with Crippen LogP contribution in [0.15, 0.2) is 17.5 Å². The Bertz CT molecular complexity index is 453. The zero-order chi connectivity index (χ0) is 11.3. The molecule has 0 atom stereocenters. The molecule has 0 aliphatic carbocycles. The summed E-state index contributed by atoms with van der Waals surface area (Å²) in [5, 5.41) is 1.93. The third kappa shape index (κ3) is 5.05. The average molecular weight is 216 g/mol. The highest BCUT2D eigenvalue weighted by Gasteiger charge is 2.03. The maximum absolute atomic E-state index is 11.2. The van der Waals surface area contributed by atoms with E-state index in [9.17, 15) is 4.79 Å². The van der Waals surface area contributed by atoms with Crippen LogP contribution < -0.4 is 0 Å². The molecule has 0 aliphatic rings. The average Bonchev–Trinajstić information content (AvgIpc) is 2.62. The van der Waals surface area contributed by atoms with Gasteiger partial charge in [-0.15, -0.1) is 11.3 Å². The van der Waals surface area contributed by atoms with Crippen molar-refractivity contribution in [3.05, 3.63) is 22.4 Å². The zero-order valence-electron chi connectivity index (χ0n) is 9.05. The minimum absolute atomic E-state index is 0.153. The van der Waals surface area contributed by atoms with Crippen molar-refractivity contribution in [2.75, 3.05) is 0 Å². The second-order valence-corrected chi connectivity index (χ2v) is 5.00. The second-order valence-electron chi connectivity index (χ2n) is 4.06. The molecule has 0 spiro atoms. The Kier molecular flexibility index (Phi) is 3.72. The van der Waals surface area contributed by atoms with Crippen LogP contribution in [0.3, 0.4) is 0 Å². The lowest BCUT2D eigenvalue weighted by Crippen LogP contribution is -2.01. The molecule has 1 aromatic rings. The first kappa shape index (κ1) is 11.6. The predicted octanol–water partition coefficient (Wildman–Crippen LogP) is 2.72. The van der Waals surface area contributed by atoms with E-state index in [4.69, 9.17) is 0 Å². The SMILES string of the molecule is CC(C)(C)C#CC(=O)C#Cc1cccs1. The highest BCUT2D eigenvalue weighted by molar-refractivity contribution is 7.10. The summed E-state index contributed by atoms with van der Waals surface area (Å²) in [7, 11) is 0. The molecule has 0 radical (unpaired) electrons. The smallest absolute Gasteiger partial charge is 0.270 e. The largest absolute Gasteiger partial charge is 0.279 e. The highest BCUT2D eigenvalue weighted by Crippen LogP contribution is 2.09. The normalized spacial score (nSPS) is 9.53. The van der Waals surface area contributed by atoms with Crippen molar-refractivity contribution < 1.29 is 4.79 Å². The Labute approximate surface area is 94.5 Å². The van der Waals surface area contributed by atoms with Crippen LogP contribution in [-0.2, 0) is 4.79 Å². The lowest BCUT2D eigenvalue weighted by molar-refractivity contribution is -0.108. The summed E-state index contributed by atoms with van der Waals surface area (Å²) in [6.45, 7) is 5.87. The van der Waals surface area contributed by atoms with Crippen molar-refractivity contribution in [3.8, 4) is 23.7 Å². The van der Waals surface area contributed by atoms with E-state index in [0.29, 0.717) is 0 Å². The number of hydrogen-bond acceptors (Lipinski definition) is 2. The van der Waals surface area contributed by atoms with E-state index in [1.54, 1.807) is 0 Å². The molecule has 0 amide bonds. The van der Waals surface area contributed by atoms with Crippen LogP contribution in [0.2, 0.25) is 0 Å². The van der Waals surface area contributed by atoms with Gasteiger partial charge in [0.15, 0.2) is 0 Å². The minimum atomic E-state index is -0.321. The van der Waals surface area contributed by atoms with Gasteiger partial charge in [0.1, 0.15) is 0 Å². The van der Waals surface area contributed by atoms with Gasteiger partial charge in [0.05, 0.1) is 4.88 Å². The van der Waals surface area contributed by atoms with Crippen molar-refractivity contribution in [2.45, 2.75) is 20.8 Å². The summed E-state index contributed by atoms with van der Waals surface area (Å²) >= 11 is 1.51. The number of carbonyl (C=O) groups excluding carboxylic acids is 1. The van der Waals surface area contributed by atoms with E-state index in [0.717, 1.165) is 4.88 Å². The molecule has 0 bridgehead atoms. The number of carbonyl (C=O) groups is 1. The monoisotopic (exact) mass is 216 g/mol. The van der Waals surface area contributed by atoms with E-state index in [-0.39, 0.29) is 11.2 Å². The fourth-order valence-corrected chi connectivity index (χ4v) is 1.31. The standard InChI is InChI=1S/C13H12OS/c1-13(2,3)9-8-11(14)6-7-12-5-4-10-15-12/h4-5,10H,1-3H3. The van der Waals surface area contributed by atoms with E-state index in [2.05, 4.69) is 23.7 Å². The van der Waals surface area contributed by atoms with Crippen molar-refractivity contribution in [2.24, 2.45) is 5.41 Å². The molecular weight excluding hydrogens is 204 g/mol. The molecule has 0 N–H and O–H groups in total. The van der Waals surface area contributed by atoms with Crippen LogP contribution in [0.1, 0.15) is 25.6 Å². The van der Waals surface area contributed by atoms with Crippen molar-refractivity contribution in [3.63, 3.8) is 0 Å². The molecule has 2 heteroatoms. The lowest BCUT2D eigenvalue weighted by atomic mass is 9.98. The molecule has 1 aromatic heterocycles. The van der Waals surface area contributed by atoms with Crippen LogP contribution in [0.4, 0.5) is 0 Å². The van der Waals surface area contributed by atoms with Crippen LogP contribution in [0, 0.1) is 29.1 Å². The maximum atomic E-state index is 11.2. The van der Waals surface area contributed by atoms with E-state index in [1.807, 2.05) is 38.3 Å². The van der Waals surface area contributed by atoms with Gasteiger partial charge in [-0.2, -0.15) is 0 Å². The number of rotatable bonds is 0. The van der Waals surface area contributed by atoms with Gasteiger partial charge in [-0.25, -0.2) is 0 Å². The molecule has 1 nitrogen and oxygen atoms in total. The molecule has 0 saturated carbocycles. The molecule has 0 saturated heterocycles. The van der Waals surface area contributed by atoms with Gasteiger partial charge in [0.25, 0.3) is 5.78 Å². The van der Waals surface area contributed by atoms with Crippen molar-refractivity contribution in [1.82, 2.24) is 0 Å². The van der Waals surface area contributed by atoms with Crippen LogP contribution in [0.25, 0.3) is 0 Å². The van der Waals surface area contributed by atoms with Crippen LogP contribution >= 0.6 is 11.3 Å². The second kappa shape index (κ2) is 4.82. The van der Waals surface area contributed by atoms with Gasteiger partial charge in [0.2, 0.25) is 0 Å². The first-order valence-electron chi connectivity index (χ1n) is 4.60. The van der Waals surface area contributed by atoms with Gasteiger partial charge in [0, 0.05) is 5.41 Å². The van der Waals surface area contributed by atoms with E-state index < -0.39 is 0 Å². The topological polar surface area (TPSA) is 17.1 Å². The molecule has 0 fully saturated rings. The van der Waals surface area contributed by atoms with Gasteiger partial charge in [-0.1, -0.05) is 12.0 Å². The first-order valence-corrected chi connectivity index (χ1v) is 5.48. The predicted molar refractivity (Wildman–Crippen MR) is 63.4 cm³/mol. The number of thiophene rings is 1. The van der Waals surface area contributed by atoms with Gasteiger partial charge < -0.3 is 0 Å². The summed E-state index contributed by atoms with van der Waals surface area (Å²) in [5.41, 5.74) is -0.153. The van der Waals surface area contributed by atoms with Crippen molar-refractivity contribution >= 4 is 17.1 Å². The molecule has 0 aromatic carbocycles. The van der Waals surface area contributed by atoms with Gasteiger partial charge >= 0.3 is 0 Å².